The normalized spacial score (nSPS) is 23.0. The molecule has 2 atom stereocenters. The summed E-state index contributed by atoms with van der Waals surface area (Å²) in [6, 6.07) is 6.30. The van der Waals surface area contributed by atoms with Crippen LogP contribution in [0.1, 0.15) is 30.7 Å². The summed E-state index contributed by atoms with van der Waals surface area (Å²) in [6.07, 6.45) is 3.72. The molecule has 0 saturated carbocycles. The Morgan fingerprint density at radius 2 is 2.17 bits per heavy atom. The fourth-order valence-electron chi connectivity index (χ4n) is 2.91. The average Bonchev–Trinajstić information content (AvgIpc) is 2.37. The number of halogens is 2. The third kappa shape index (κ3) is 2.83. The fourth-order valence-corrected chi connectivity index (χ4v) is 3.36. The van der Waals surface area contributed by atoms with Crippen LogP contribution in [0.3, 0.4) is 0 Å². The molecule has 1 aliphatic heterocycles. The van der Waals surface area contributed by atoms with Crippen LogP contribution in [0, 0.1) is 0 Å². The number of hydrogen-bond donors (Lipinski definition) is 1. The van der Waals surface area contributed by atoms with Crippen LogP contribution in [0.25, 0.3) is 0 Å². The van der Waals surface area contributed by atoms with Crippen molar-refractivity contribution in [3.63, 3.8) is 0 Å². The molecule has 0 amide bonds. The largest absolute Gasteiger partial charge is 0.330 e. The van der Waals surface area contributed by atoms with Crippen LogP contribution in [0.4, 0.5) is 0 Å². The number of likely N-dealkylation sites (N-methyl/N-ethyl adjacent to an activating group) is 1. The Hall–Kier alpha value is -0.280. The minimum Gasteiger partial charge on any atom is -0.330 e. The molecule has 2 nitrogen and oxygen atoms in total. The first kappa shape index (κ1) is 14.1. The second-order valence-corrected chi connectivity index (χ2v) is 5.81. The van der Waals surface area contributed by atoms with Crippen molar-refractivity contribution in [2.45, 2.75) is 31.2 Å². The fraction of sp³-hybridized carbons (Fsp3) is 0.571. The Labute approximate surface area is 119 Å². The van der Waals surface area contributed by atoms with Gasteiger partial charge in [0.1, 0.15) is 0 Å². The zero-order chi connectivity index (χ0) is 13.1. The van der Waals surface area contributed by atoms with E-state index in [-0.39, 0.29) is 5.92 Å². The minimum atomic E-state index is 0.265. The molecule has 18 heavy (non-hydrogen) atoms. The lowest BCUT2D eigenvalue weighted by Crippen LogP contribution is -2.42. The molecule has 2 rings (SSSR count). The summed E-state index contributed by atoms with van der Waals surface area (Å²) in [5.41, 5.74) is 7.08. The molecule has 0 radical (unpaired) electrons. The Morgan fingerprint density at radius 1 is 1.39 bits per heavy atom. The molecule has 1 saturated heterocycles. The predicted molar refractivity (Wildman–Crippen MR) is 78.5 cm³/mol. The van der Waals surface area contributed by atoms with Gasteiger partial charge in [-0.25, -0.2) is 0 Å². The maximum atomic E-state index is 6.33. The Bertz CT molecular complexity index is 409. The summed E-state index contributed by atoms with van der Waals surface area (Å²) in [6.45, 7) is 1.74. The molecule has 1 heterocycles. The number of rotatable bonds is 3. The molecule has 1 aromatic carbocycles. The van der Waals surface area contributed by atoms with E-state index in [1.54, 1.807) is 0 Å². The zero-order valence-electron chi connectivity index (χ0n) is 10.7. The van der Waals surface area contributed by atoms with E-state index in [0.717, 1.165) is 12.1 Å². The van der Waals surface area contributed by atoms with Crippen molar-refractivity contribution in [2.24, 2.45) is 5.73 Å². The molecule has 100 valence electrons. The molecule has 4 heteroatoms. The van der Waals surface area contributed by atoms with Crippen molar-refractivity contribution in [1.82, 2.24) is 4.90 Å². The quantitative estimate of drug-likeness (QED) is 0.921. The van der Waals surface area contributed by atoms with Crippen molar-refractivity contribution in [1.29, 1.82) is 0 Å². The second kappa shape index (κ2) is 6.25. The van der Waals surface area contributed by atoms with Gasteiger partial charge in [-0.2, -0.15) is 0 Å². The van der Waals surface area contributed by atoms with E-state index < -0.39 is 0 Å². The highest BCUT2D eigenvalue weighted by Crippen LogP contribution is 2.35. The minimum absolute atomic E-state index is 0.265. The van der Waals surface area contributed by atoms with Crippen molar-refractivity contribution in [2.75, 3.05) is 20.1 Å². The van der Waals surface area contributed by atoms with E-state index in [2.05, 4.69) is 11.9 Å². The number of hydrogen-bond acceptors (Lipinski definition) is 2. The molecule has 0 aromatic heterocycles. The van der Waals surface area contributed by atoms with E-state index in [1.165, 1.54) is 19.3 Å². The van der Waals surface area contributed by atoms with Gasteiger partial charge in [0.05, 0.1) is 10.0 Å². The van der Waals surface area contributed by atoms with E-state index in [0.29, 0.717) is 22.6 Å². The lowest BCUT2D eigenvalue weighted by atomic mass is 9.85. The molecule has 2 unspecified atom stereocenters. The molecule has 1 aromatic rings. The number of likely N-dealkylation sites (tertiary alicyclic amines) is 1. The molecule has 0 aliphatic carbocycles. The highest BCUT2D eigenvalue weighted by atomic mass is 35.5. The lowest BCUT2D eigenvalue weighted by Gasteiger charge is -2.38. The van der Waals surface area contributed by atoms with Crippen molar-refractivity contribution >= 4 is 23.2 Å². The maximum Gasteiger partial charge on any atom is 0.0628 e. The Balaban J connectivity index is 2.29. The zero-order valence-corrected chi connectivity index (χ0v) is 12.2. The summed E-state index contributed by atoms with van der Waals surface area (Å²) < 4.78 is 0. The van der Waals surface area contributed by atoms with Crippen molar-refractivity contribution in [3.8, 4) is 0 Å². The Kier molecular flexibility index (Phi) is 4.91. The number of piperidine rings is 1. The van der Waals surface area contributed by atoms with Crippen LogP contribution in [0.2, 0.25) is 10.0 Å². The summed E-state index contributed by atoms with van der Waals surface area (Å²) in [4.78, 5) is 2.40. The van der Waals surface area contributed by atoms with Gasteiger partial charge >= 0.3 is 0 Å². The van der Waals surface area contributed by atoms with Gasteiger partial charge in [0.25, 0.3) is 0 Å². The van der Waals surface area contributed by atoms with Crippen LogP contribution in [-0.4, -0.2) is 31.1 Å². The van der Waals surface area contributed by atoms with Crippen molar-refractivity contribution in [3.05, 3.63) is 33.8 Å². The van der Waals surface area contributed by atoms with Gasteiger partial charge in [0.2, 0.25) is 0 Å². The van der Waals surface area contributed by atoms with Crippen LogP contribution >= 0.6 is 23.2 Å². The molecule has 0 spiro atoms. The maximum absolute atomic E-state index is 6.33. The topological polar surface area (TPSA) is 29.3 Å². The van der Waals surface area contributed by atoms with Crippen LogP contribution in [0.15, 0.2) is 18.2 Å². The third-order valence-corrected chi connectivity index (χ3v) is 4.76. The lowest BCUT2D eigenvalue weighted by molar-refractivity contribution is 0.160. The van der Waals surface area contributed by atoms with Gasteiger partial charge < -0.3 is 10.6 Å². The van der Waals surface area contributed by atoms with Gasteiger partial charge in [0, 0.05) is 18.5 Å². The smallest absolute Gasteiger partial charge is 0.0628 e. The molecular formula is C14H20Cl2N2. The van der Waals surface area contributed by atoms with Crippen molar-refractivity contribution < 1.29 is 0 Å². The van der Waals surface area contributed by atoms with Gasteiger partial charge in [-0.15, -0.1) is 0 Å². The van der Waals surface area contributed by atoms with Gasteiger partial charge in [-0.05, 0) is 38.1 Å². The number of benzene rings is 1. The molecule has 1 fully saturated rings. The number of nitrogens with zero attached hydrogens (tertiary/aromatic N) is 1. The second-order valence-electron chi connectivity index (χ2n) is 5.03. The monoisotopic (exact) mass is 286 g/mol. The van der Waals surface area contributed by atoms with E-state index in [1.807, 2.05) is 18.2 Å². The summed E-state index contributed by atoms with van der Waals surface area (Å²) in [7, 11) is 2.17. The summed E-state index contributed by atoms with van der Waals surface area (Å²) in [5.74, 6) is 0.265. The average molecular weight is 287 g/mol. The van der Waals surface area contributed by atoms with E-state index >= 15 is 0 Å². The van der Waals surface area contributed by atoms with E-state index in [4.69, 9.17) is 28.9 Å². The standard InChI is InChI=1S/C14H20Cl2N2/c1-18-8-3-2-7-13(18)11(9-17)10-5-4-6-12(15)14(10)16/h4-6,11,13H,2-3,7-9,17H2,1H3. The highest BCUT2D eigenvalue weighted by molar-refractivity contribution is 6.42. The summed E-state index contributed by atoms with van der Waals surface area (Å²) >= 11 is 12.4. The molecule has 2 N–H and O–H groups in total. The van der Waals surface area contributed by atoms with Gasteiger partial charge in [0.15, 0.2) is 0 Å². The first-order valence-corrected chi connectivity index (χ1v) is 7.25. The highest BCUT2D eigenvalue weighted by Gasteiger charge is 2.29. The molecule has 0 bridgehead atoms. The van der Waals surface area contributed by atoms with Crippen LogP contribution < -0.4 is 5.73 Å². The van der Waals surface area contributed by atoms with Gasteiger partial charge in [-0.3, -0.25) is 0 Å². The third-order valence-electron chi connectivity index (χ3n) is 3.93. The van der Waals surface area contributed by atoms with Gasteiger partial charge in [-0.1, -0.05) is 41.8 Å². The number of nitrogens with two attached hydrogens (primary N) is 1. The Morgan fingerprint density at radius 3 is 2.83 bits per heavy atom. The SMILES string of the molecule is CN1CCCCC1C(CN)c1cccc(Cl)c1Cl. The first-order chi connectivity index (χ1) is 8.65. The molecule has 1 aliphatic rings. The summed E-state index contributed by atoms with van der Waals surface area (Å²) in [5, 5.41) is 1.28. The van der Waals surface area contributed by atoms with Crippen LogP contribution in [-0.2, 0) is 0 Å². The van der Waals surface area contributed by atoms with Crippen LogP contribution in [0.5, 0.6) is 0 Å². The first-order valence-electron chi connectivity index (χ1n) is 6.49. The molecular weight excluding hydrogens is 267 g/mol. The predicted octanol–water partition coefficient (Wildman–Crippen LogP) is 3.52. The van der Waals surface area contributed by atoms with E-state index in [9.17, 15) is 0 Å².